The zero-order valence-electron chi connectivity index (χ0n) is 9.71. The van der Waals surface area contributed by atoms with Gasteiger partial charge in [-0.25, -0.2) is 4.79 Å². The zero-order chi connectivity index (χ0) is 11.9. The van der Waals surface area contributed by atoms with E-state index in [1.54, 1.807) is 6.07 Å². The predicted octanol–water partition coefficient (Wildman–Crippen LogP) is 2.34. The van der Waals surface area contributed by atoms with Crippen LogP contribution in [0.25, 0.3) is 0 Å². The summed E-state index contributed by atoms with van der Waals surface area (Å²) in [5.74, 6) is -0.873. The van der Waals surface area contributed by atoms with Crippen LogP contribution in [0, 0.1) is 13.8 Å². The summed E-state index contributed by atoms with van der Waals surface area (Å²) in [6.45, 7) is 3.82. The number of aryl methyl sites for hydroxylation is 2. The number of hydrogen-bond acceptors (Lipinski definition) is 2. The first-order valence-electron chi connectivity index (χ1n) is 5.58. The first-order valence-corrected chi connectivity index (χ1v) is 5.58. The monoisotopic (exact) mass is 219 g/mol. The third kappa shape index (κ3) is 1.61. The summed E-state index contributed by atoms with van der Waals surface area (Å²) in [6.07, 6.45) is 3.04. The molecule has 1 saturated carbocycles. The molecule has 3 nitrogen and oxygen atoms in total. The van der Waals surface area contributed by atoms with E-state index < -0.39 is 5.97 Å². The molecule has 86 valence electrons. The second kappa shape index (κ2) is 3.59. The number of rotatable bonds is 2. The van der Waals surface area contributed by atoms with E-state index in [1.807, 2.05) is 19.9 Å². The van der Waals surface area contributed by atoms with Crippen molar-refractivity contribution in [3.05, 3.63) is 34.4 Å². The van der Waals surface area contributed by atoms with E-state index in [0.29, 0.717) is 5.56 Å². The van der Waals surface area contributed by atoms with Gasteiger partial charge in [-0.05, 0) is 55.9 Å². The van der Waals surface area contributed by atoms with Crippen LogP contribution in [0.15, 0.2) is 12.1 Å². The van der Waals surface area contributed by atoms with Crippen molar-refractivity contribution in [3.8, 4) is 0 Å². The Hall–Kier alpha value is -1.35. The van der Waals surface area contributed by atoms with Crippen molar-refractivity contribution in [2.45, 2.75) is 38.6 Å². The highest BCUT2D eigenvalue weighted by Gasteiger charge is 2.36. The highest BCUT2D eigenvalue weighted by atomic mass is 16.4. The Bertz CT molecular complexity index is 447. The van der Waals surface area contributed by atoms with Gasteiger partial charge in [0.15, 0.2) is 0 Å². The number of carbonyl (C=O) groups is 1. The molecule has 3 heteroatoms. The van der Waals surface area contributed by atoms with E-state index in [2.05, 4.69) is 0 Å². The minimum atomic E-state index is -0.873. The third-order valence-electron chi connectivity index (χ3n) is 3.58. The summed E-state index contributed by atoms with van der Waals surface area (Å²) in [5, 5.41) is 9.10. The highest BCUT2D eigenvalue weighted by Crippen LogP contribution is 2.40. The highest BCUT2D eigenvalue weighted by molar-refractivity contribution is 5.89. The maximum absolute atomic E-state index is 11.1. The number of carboxylic acid groups (broad SMARTS) is 1. The summed E-state index contributed by atoms with van der Waals surface area (Å²) in [6, 6.07) is 3.68. The lowest BCUT2D eigenvalue weighted by molar-refractivity contribution is 0.0695. The van der Waals surface area contributed by atoms with Gasteiger partial charge in [-0.1, -0.05) is 6.07 Å². The fraction of sp³-hybridized carbons (Fsp3) is 0.462. The number of nitrogens with two attached hydrogens (primary N) is 1. The molecule has 1 aliphatic carbocycles. The Morgan fingerprint density at radius 2 is 1.94 bits per heavy atom. The molecule has 0 radical (unpaired) electrons. The minimum Gasteiger partial charge on any atom is -0.478 e. The van der Waals surface area contributed by atoms with Gasteiger partial charge in [0.1, 0.15) is 0 Å². The third-order valence-corrected chi connectivity index (χ3v) is 3.58. The Kier molecular flexibility index (Phi) is 2.50. The minimum absolute atomic E-state index is 0.290. The van der Waals surface area contributed by atoms with Gasteiger partial charge in [0.05, 0.1) is 5.56 Å². The molecule has 1 aliphatic rings. The molecule has 0 aliphatic heterocycles. The molecule has 1 aromatic rings. The summed E-state index contributed by atoms with van der Waals surface area (Å²) in [4.78, 5) is 11.1. The SMILES string of the molecule is Cc1cc(C)c(C2(N)CCC2)cc1C(=O)O. The van der Waals surface area contributed by atoms with E-state index in [4.69, 9.17) is 10.8 Å². The fourth-order valence-electron chi connectivity index (χ4n) is 2.45. The van der Waals surface area contributed by atoms with Crippen LogP contribution >= 0.6 is 0 Å². The van der Waals surface area contributed by atoms with Crippen molar-refractivity contribution >= 4 is 5.97 Å². The number of benzene rings is 1. The lowest BCUT2D eigenvalue weighted by Gasteiger charge is -2.40. The average Bonchev–Trinajstić information content (AvgIpc) is 2.13. The van der Waals surface area contributed by atoms with E-state index in [9.17, 15) is 4.79 Å². The first-order chi connectivity index (χ1) is 7.44. The van der Waals surface area contributed by atoms with Crippen LogP contribution in [0.1, 0.15) is 46.3 Å². The van der Waals surface area contributed by atoms with E-state index >= 15 is 0 Å². The lowest BCUT2D eigenvalue weighted by atomic mass is 9.71. The molecule has 0 aromatic heterocycles. The molecule has 0 saturated heterocycles. The van der Waals surface area contributed by atoms with E-state index in [0.717, 1.165) is 36.0 Å². The lowest BCUT2D eigenvalue weighted by Crippen LogP contribution is -2.44. The van der Waals surface area contributed by atoms with Gasteiger partial charge >= 0.3 is 5.97 Å². The molecule has 0 amide bonds. The Balaban J connectivity index is 2.53. The Morgan fingerprint density at radius 1 is 1.31 bits per heavy atom. The van der Waals surface area contributed by atoms with Crippen LogP contribution in [-0.4, -0.2) is 11.1 Å². The average molecular weight is 219 g/mol. The van der Waals surface area contributed by atoms with Crippen molar-refractivity contribution in [1.29, 1.82) is 0 Å². The molecule has 3 N–H and O–H groups in total. The molecular formula is C13H17NO2. The van der Waals surface area contributed by atoms with Crippen LogP contribution in [0.4, 0.5) is 0 Å². The van der Waals surface area contributed by atoms with Crippen LogP contribution < -0.4 is 5.73 Å². The van der Waals surface area contributed by atoms with Gasteiger partial charge in [-0.3, -0.25) is 0 Å². The molecule has 0 bridgehead atoms. The maximum atomic E-state index is 11.1. The zero-order valence-corrected chi connectivity index (χ0v) is 9.71. The molecular weight excluding hydrogens is 202 g/mol. The van der Waals surface area contributed by atoms with Crippen molar-refractivity contribution in [1.82, 2.24) is 0 Å². The van der Waals surface area contributed by atoms with Gasteiger partial charge in [0.25, 0.3) is 0 Å². The van der Waals surface area contributed by atoms with Crippen molar-refractivity contribution in [2.24, 2.45) is 5.73 Å². The van der Waals surface area contributed by atoms with Crippen molar-refractivity contribution in [3.63, 3.8) is 0 Å². The predicted molar refractivity (Wildman–Crippen MR) is 62.6 cm³/mol. The normalized spacial score (nSPS) is 17.9. The topological polar surface area (TPSA) is 63.3 Å². The van der Waals surface area contributed by atoms with Gasteiger partial charge in [0.2, 0.25) is 0 Å². The van der Waals surface area contributed by atoms with Crippen molar-refractivity contribution < 1.29 is 9.90 Å². The van der Waals surface area contributed by atoms with Crippen LogP contribution in [0.2, 0.25) is 0 Å². The number of hydrogen-bond donors (Lipinski definition) is 2. The molecule has 0 spiro atoms. The fourth-order valence-corrected chi connectivity index (χ4v) is 2.45. The molecule has 1 fully saturated rings. The Morgan fingerprint density at radius 3 is 2.38 bits per heavy atom. The molecule has 2 rings (SSSR count). The van der Waals surface area contributed by atoms with Crippen LogP contribution in [0.3, 0.4) is 0 Å². The maximum Gasteiger partial charge on any atom is 0.335 e. The molecule has 1 aromatic carbocycles. The van der Waals surface area contributed by atoms with E-state index in [1.165, 1.54) is 0 Å². The van der Waals surface area contributed by atoms with Gasteiger partial charge < -0.3 is 10.8 Å². The van der Waals surface area contributed by atoms with Crippen LogP contribution in [0.5, 0.6) is 0 Å². The Labute approximate surface area is 95.3 Å². The summed E-state index contributed by atoms with van der Waals surface area (Å²) in [5.41, 5.74) is 9.24. The molecule has 0 atom stereocenters. The quantitative estimate of drug-likeness (QED) is 0.802. The molecule has 0 unspecified atom stereocenters. The number of carboxylic acids is 1. The summed E-state index contributed by atoms with van der Waals surface area (Å²) >= 11 is 0. The van der Waals surface area contributed by atoms with Gasteiger partial charge in [-0.2, -0.15) is 0 Å². The molecule has 16 heavy (non-hydrogen) atoms. The molecule has 0 heterocycles. The second-order valence-corrected chi connectivity index (χ2v) is 4.80. The van der Waals surface area contributed by atoms with Crippen molar-refractivity contribution in [2.75, 3.05) is 0 Å². The standard InChI is InChI=1S/C13H17NO2/c1-8-6-9(2)11(7-10(8)12(15)16)13(14)4-3-5-13/h6-7H,3-5,14H2,1-2H3,(H,15,16). The smallest absolute Gasteiger partial charge is 0.335 e. The number of aromatic carboxylic acids is 1. The first kappa shape index (κ1) is 11.1. The van der Waals surface area contributed by atoms with Gasteiger partial charge in [-0.15, -0.1) is 0 Å². The largest absolute Gasteiger partial charge is 0.478 e. The van der Waals surface area contributed by atoms with Crippen LogP contribution in [-0.2, 0) is 5.54 Å². The second-order valence-electron chi connectivity index (χ2n) is 4.80. The summed E-state index contributed by atoms with van der Waals surface area (Å²) < 4.78 is 0. The summed E-state index contributed by atoms with van der Waals surface area (Å²) in [7, 11) is 0. The van der Waals surface area contributed by atoms with Gasteiger partial charge in [0, 0.05) is 5.54 Å². The van der Waals surface area contributed by atoms with E-state index in [-0.39, 0.29) is 5.54 Å².